The molecule has 0 unspecified atom stereocenters. The SMILES string of the molecule is Cc1cc(NC(=O)CNc2cccc(C#N)c2)c([N+](=O)[O-])cc1C. The van der Waals surface area contributed by atoms with Crippen molar-refractivity contribution in [1.82, 2.24) is 0 Å². The summed E-state index contributed by atoms with van der Waals surface area (Å²) in [5.41, 5.74) is 2.76. The molecule has 0 aromatic heterocycles. The number of anilines is 2. The predicted molar refractivity (Wildman–Crippen MR) is 90.8 cm³/mol. The van der Waals surface area contributed by atoms with E-state index >= 15 is 0 Å². The summed E-state index contributed by atoms with van der Waals surface area (Å²) in [6, 6.07) is 11.7. The van der Waals surface area contributed by atoms with Gasteiger partial charge in [0.15, 0.2) is 0 Å². The molecule has 7 nitrogen and oxygen atoms in total. The van der Waals surface area contributed by atoms with Gasteiger partial charge >= 0.3 is 0 Å². The highest BCUT2D eigenvalue weighted by atomic mass is 16.6. The van der Waals surface area contributed by atoms with Crippen molar-refractivity contribution < 1.29 is 9.72 Å². The number of carbonyl (C=O) groups is 1. The third-order valence-electron chi connectivity index (χ3n) is 3.53. The fourth-order valence-electron chi connectivity index (χ4n) is 2.13. The maximum atomic E-state index is 12.1. The first-order valence-electron chi connectivity index (χ1n) is 7.20. The van der Waals surface area contributed by atoms with E-state index in [-0.39, 0.29) is 17.9 Å². The van der Waals surface area contributed by atoms with Gasteiger partial charge in [0, 0.05) is 11.8 Å². The van der Waals surface area contributed by atoms with Crippen molar-refractivity contribution in [2.24, 2.45) is 0 Å². The third-order valence-corrected chi connectivity index (χ3v) is 3.53. The minimum atomic E-state index is -0.522. The van der Waals surface area contributed by atoms with E-state index in [1.165, 1.54) is 6.07 Å². The Morgan fingerprint density at radius 2 is 1.96 bits per heavy atom. The first-order valence-corrected chi connectivity index (χ1v) is 7.20. The van der Waals surface area contributed by atoms with Gasteiger partial charge in [0.25, 0.3) is 5.69 Å². The zero-order valence-electron chi connectivity index (χ0n) is 13.3. The van der Waals surface area contributed by atoms with Crippen LogP contribution in [0.1, 0.15) is 16.7 Å². The molecule has 0 bridgehead atoms. The average molecular weight is 324 g/mol. The van der Waals surface area contributed by atoms with Crippen LogP contribution in [0, 0.1) is 35.3 Å². The molecule has 0 radical (unpaired) electrons. The normalized spacial score (nSPS) is 9.88. The lowest BCUT2D eigenvalue weighted by molar-refractivity contribution is -0.384. The quantitative estimate of drug-likeness (QED) is 0.649. The van der Waals surface area contributed by atoms with Crippen molar-refractivity contribution in [3.05, 3.63) is 63.2 Å². The first-order chi connectivity index (χ1) is 11.4. The monoisotopic (exact) mass is 324 g/mol. The highest BCUT2D eigenvalue weighted by Gasteiger charge is 2.17. The Morgan fingerprint density at radius 3 is 2.62 bits per heavy atom. The van der Waals surface area contributed by atoms with Crippen LogP contribution in [-0.4, -0.2) is 17.4 Å². The Bertz CT molecular complexity index is 840. The number of nitrogens with zero attached hydrogens (tertiary/aromatic N) is 2. The van der Waals surface area contributed by atoms with E-state index in [0.717, 1.165) is 11.1 Å². The van der Waals surface area contributed by atoms with E-state index in [4.69, 9.17) is 5.26 Å². The van der Waals surface area contributed by atoms with Crippen LogP contribution in [0.3, 0.4) is 0 Å². The molecule has 2 aromatic rings. The van der Waals surface area contributed by atoms with Crippen LogP contribution in [0.5, 0.6) is 0 Å². The number of nitro benzene ring substituents is 1. The van der Waals surface area contributed by atoms with Gasteiger partial charge in [-0.05, 0) is 49.2 Å². The number of nitriles is 1. The van der Waals surface area contributed by atoms with E-state index < -0.39 is 10.8 Å². The molecule has 0 saturated carbocycles. The maximum absolute atomic E-state index is 12.1. The van der Waals surface area contributed by atoms with Crippen LogP contribution in [0.25, 0.3) is 0 Å². The van der Waals surface area contributed by atoms with Crippen molar-refractivity contribution in [2.45, 2.75) is 13.8 Å². The largest absolute Gasteiger partial charge is 0.376 e. The molecule has 2 N–H and O–H groups in total. The average Bonchev–Trinajstić information content (AvgIpc) is 2.56. The van der Waals surface area contributed by atoms with Gasteiger partial charge in [-0.15, -0.1) is 0 Å². The first kappa shape index (κ1) is 17.0. The molecule has 1 amide bonds. The Labute approximate surface area is 139 Å². The standard InChI is InChI=1S/C17H16N4O3/c1-11-6-15(16(21(23)24)7-12(11)2)20-17(22)10-19-14-5-3-4-13(8-14)9-18/h3-8,19H,10H2,1-2H3,(H,20,22). The van der Waals surface area contributed by atoms with Gasteiger partial charge in [-0.25, -0.2) is 0 Å². The van der Waals surface area contributed by atoms with Gasteiger partial charge < -0.3 is 10.6 Å². The van der Waals surface area contributed by atoms with Gasteiger partial charge in [-0.1, -0.05) is 6.07 Å². The molecule has 7 heteroatoms. The number of aryl methyl sites for hydroxylation is 2. The molecule has 0 heterocycles. The highest BCUT2D eigenvalue weighted by molar-refractivity contribution is 5.96. The molecule has 24 heavy (non-hydrogen) atoms. The number of nitro groups is 1. The predicted octanol–water partition coefficient (Wildman–Crippen LogP) is 3.13. The molecule has 2 aromatic carbocycles. The Kier molecular flexibility index (Phi) is 5.12. The lowest BCUT2D eigenvalue weighted by Crippen LogP contribution is -2.22. The molecule has 0 atom stereocenters. The fourth-order valence-corrected chi connectivity index (χ4v) is 2.13. The maximum Gasteiger partial charge on any atom is 0.293 e. The van der Waals surface area contributed by atoms with Crippen molar-refractivity contribution >= 4 is 23.0 Å². The molecular weight excluding hydrogens is 308 g/mol. The van der Waals surface area contributed by atoms with Crippen LogP contribution < -0.4 is 10.6 Å². The smallest absolute Gasteiger partial charge is 0.293 e. The van der Waals surface area contributed by atoms with E-state index in [1.54, 1.807) is 37.3 Å². The summed E-state index contributed by atoms with van der Waals surface area (Å²) in [6.45, 7) is 3.52. The second-order valence-corrected chi connectivity index (χ2v) is 5.31. The van der Waals surface area contributed by atoms with Crippen LogP contribution in [0.15, 0.2) is 36.4 Å². The van der Waals surface area contributed by atoms with Gasteiger partial charge in [0.2, 0.25) is 5.91 Å². The molecule has 0 aliphatic rings. The fraction of sp³-hybridized carbons (Fsp3) is 0.176. The third kappa shape index (κ3) is 4.08. The summed E-state index contributed by atoms with van der Waals surface area (Å²) < 4.78 is 0. The minimum Gasteiger partial charge on any atom is -0.376 e. The summed E-state index contributed by atoms with van der Waals surface area (Å²) in [7, 11) is 0. The van der Waals surface area contributed by atoms with Crippen molar-refractivity contribution in [1.29, 1.82) is 5.26 Å². The Hall–Kier alpha value is -3.40. The lowest BCUT2D eigenvalue weighted by atomic mass is 10.1. The lowest BCUT2D eigenvalue weighted by Gasteiger charge is -2.10. The second kappa shape index (κ2) is 7.24. The number of benzene rings is 2. The van der Waals surface area contributed by atoms with E-state index in [9.17, 15) is 14.9 Å². The molecule has 0 saturated heterocycles. The van der Waals surface area contributed by atoms with E-state index in [2.05, 4.69) is 10.6 Å². The van der Waals surface area contributed by atoms with Crippen molar-refractivity contribution in [2.75, 3.05) is 17.2 Å². The number of nitrogens with one attached hydrogen (secondary N) is 2. The Balaban J connectivity index is 2.08. The summed E-state index contributed by atoms with van der Waals surface area (Å²) in [5, 5.41) is 25.4. The number of carbonyl (C=O) groups excluding carboxylic acids is 1. The van der Waals surface area contributed by atoms with Crippen molar-refractivity contribution in [3.63, 3.8) is 0 Å². The zero-order valence-corrected chi connectivity index (χ0v) is 13.3. The molecule has 2 rings (SSSR count). The molecule has 0 spiro atoms. The topological polar surface area (TPSA) is 108 Å². The van der Waals surface area contributed by atoms with Crippen LogP contribution in [0.4, 0.5) is 17.1 Å². The summed E-state index contributed by atoms with van der Waals surface area (Å²) in [4.78, 5) is 22.7. The van der Waals surface area contributed by atoms with E-state index in [1.807, 2.05) is 13.0 Å². The van der Waals surface area contributed by atoms with E-state index in [0.29, 0.717) is 11.3 Å². The number of hydrogen-bond acceptors (Lipinski definition) is 5. The van der Waals surface area contributed by atoms with Gasteiger partial charge in [-0.2, -0.15) is 5.26 Å². The van der Waals surface area contributed by atoms with Crippen molar-refractivity contribution in [3.8, 4) is 6.07 Å². The number of amides is 1. The second-order valence-electron chi connectivity index (χ2n) is 5.31. The van der Waals surface area contributed by atoms with Gasteiger partial charge in [-0.3, -0.25) is 14.9 Å². The van der Waals surface area contributed by atoms with Gasteiger partial charge in [0.05, 0.1) is 23.1 Å². The Morgan fingerprint density at radius 1 is 1.25 bits per heavy atom. The summed E-state index contributed by atoms with van der Waals surface area (Å²) in [5.74, 6) is -0.413. The molecule has 122 valence electrons. The van der Waals surface area contributed by atoms with Crippen LogP contribution in [-0.2, 0) is 4.79 Å². The molecule has 0 aliphatic carbocycles. The highest BCUT2D eigenvalue weighted by Crippen LogP contribution is 2.27. The molecule has 0 aliphatic heterocycles. The molecular formula is C17H16N4O3. The van der Waals surface area contributed by atoms with Crippen LogP contribution in [0.2, 0.25) is 0 Å². The zero-order chi connectivity index (χ0) is 17.7. The number of rotatable bonds is 5. The number of hydrogen-bond donors (Lipinski definition) is 2. The summed E-state index contributed by atoms with van der Waals surface area (Å²) >= 11 is 0. The van der Waals surface area contributed by atoms with Crippen LogP contribution >= 0.6 is 0 Å². The summed E-state index contributed by atoms with van der Waals surface area (Å²) in [6.07, 6.45) is 0. The van der Waals surface area contributed by atoms with Gasteiger partial charge in [0.1, 0.15) is 5.69 Å². The molecule has 0 fully saturated rings. The minimum absolute atomic E-state index is 0.0705.